The van der Waals surface area contributed by atoms with Crippen LogP contribution in [-0.2, 0) is 5.41 Å². The summed E-state index contributed by atoms with van der Waals surface area (Å²) in [5.74, 6) is 3.34. The fourth-order valence-electron chi connectivity index (χ4n) is 4.41. The third kappa shape index (κ3) is 5.81. The molecule has 1 heterocycles. The highest BCUT2D eigenvalue weighted by molar-refractivity contribution is 5.31. The summed E-state index contributed by atoms with van der Waals surface area (Å²) >= 11 is 0. The Kier molecular flexibility index (Phi) is 6.74. The SMILES string of the molecule is CC(C)CC(C)(C)c1ccc(OCCN2CC(C)CC(C)C2)cc1. The molecule has 2 heteroatoms. The highest BCUT2D eigenvalue weighted by Gasteiger charge is 2.22. The highest BCUT2D eigenvalue weighted by atomic mass is 16.5. The van der Waals surface area contributed by atoms with Gasteiger partial charge in [0.1, 0.15) is 12.4 Å². The van der Waals surface area contributed by atoms with Gasteiger partial charge in [-0.2, -0.15) is 0 Å². The Labute approximate surface area is 149 Å². The van der Waals surface area contributed by atoms with E-state index in [1.165, 1.54) is 31.5 Å². The second kappa shape index (κ2) is 8.38. The molecule has 24 heavy (non-hydrogen) atoms. The first kappa shape index (κ1) is 19.3. The van der Waals surface area contributed by atoms with Gasteiger partial charge in [0.25, 0.3) is 0 Å². The van der Waals surface area contributed by atoms with Crippen LogP contribution in [0, 0.1) is 17.8 Å². The molecule has 0 bridgehead atoms. The minimum absolute atomic E-state index is 0.229. The Bertz CT molecular complexity index is 481. The maximum absolute atomic E-state index is 5.99. The van der Waals surface area contributed by atoms with Crippen LogP contribution < -0.4 is 4.74 Å². The van der Waals surface area contributed by atoms with Crippen molar-refractivity contribution in [1.29, 1.82) is 0 Å². The lowest BCUT2D eigenvalue weighted by atomic mass is 9.78. The van der Waals surface area contributed by atoms with Crippen molar-refractivity contribution in [3.8, 4) is 5.75 Å². The van der Waals surface area contributed by atoms with E-state index in [4.69, 9.17) is 4.74 Å². The first-order valence-electron chi connectivity index (χ1n) is 9.72. The lowest BCUT2D eigenvalue weighted by Crippen LogP contribution is -2.40. The summed E-state index contributed by atoms with van der Waals surface area (Å²) in [7, 11) is 0. The molecule has 136 valence electrons. The molecule has 2 rings (SSSR count). The average molecular weight is 332 g/mol. The van der Waals surface area contributed by atoms with Crippen LogP contribution >= 0.6 is 0 Å². The van der Waals surface area contributed by atoms with Crippen molar-refractivity contribution in [3.63, 3.8) is 0 Å². The Hall–Kier alpha value is -1.02. The molecule has 0 amide bonds. The van der Waals surface area contributed by atoms with E-state index < -0.39 is 0 Å². The van der Waals surface area contributed by atoms with Gasteiger partial charge in [0, 0.05) is 19.6 Å². The Morgan fingerprint density at radius 3 is 2.21 bits per heavy atom. The van der Waals surface area contributed by atoms with Gasteiger partial charge in [0.15, 0.2) is 0 Å². The molecule has 0 aliphatic carbocycles. The predicted molar refractivity (Wildman–Crippen MR) is 104 cm³/mol. The van der Waals surface area contributed by atoms with Gasteiger partial charge in [-0.25, -0.2) is 0 Å². The molecule has 0 spiro atoms. The minimum atomic E-state index is 0.229. The van der Waals surface area contributed by atoms with E-state index in [0.717, 1.165) is 30.7 Å². The van der Waals surface area contributed by atoms with Crippen molar-refractivity contribution >= 4 is 0 Å². The molecule has 1 aliphatic rings. The topological polar surface area (TPSA) is 12.5 Å². The number of hydrogen-bond donors (Lipinski definition) is 0. The summed E-state index contributed by atoms with van der Waals surface area (Å²) < 4.78 is 5.99. The van der Waals surface area contributed by atoms with Crippen LogP contribution in [0.5, 0.6) is 5.75 Å². The lowest BCUT2D eigenvalue weighted by Gasteiger charge is -2.34. The molecule has 2 nitrogen and oxygen atoms in total. The van der Waals surface area contributed by atoms with Gasteiger partial charge in [0.2, 0.25) is 0 Å². The summed E-state index contributed by atoms with van der Waals surface area (Å²) in [6.45, 7) is 18.2. The van der Waals surface area contributed by atoms with Gasteiger partial charge in [-0.3, -0.25) is 4.90 Å². The van der Waals surface area contributed by atoms with E-state index >= 15 is 0 Å². The van der Waals surface area contributed by atoms with Crippen LogP contribution in [-0.4, -0.2) is 31.1 Å². The number of nitrogens with zero attached hydrogens (tertiary/aromatic N) is 1. The molecular formula is C22H37NO. The van der Waals surface area contributed by atoms with Crippen LogP contribution in [0.3, 0.4) is 0 Å². The van der Waals surface area contributed by atoms with Crippen LogP contribution in [0.4, 0.5) is 0 Å². The molecule has 0 saturated carbocycles. The van der Waals surface area contributed by atoms with E-state index in [0.29, 0.717) is 5.92 Å². The van der Waals surface area contributed by atoms with Crippen molar-refractivity contribution in [3.05, 3.63) is 29.8 Å². The van der Waals surface area contributed by atoms with E-state index in [9.17, 15) is 0 Å². The average Bonchev–Trinajstić information content (AvgIpc) is 2.45. The van der Waals surface area contributed by atoms with Crippen LogP contribution in [0.1, 0.15) is 59.9 Å². The molecule has 1 aromatic carbocycles. The Morgan fingerprint density at radius 1 is 1.08 bits per heavy atom. The van der Waals surface area contributed by atoms with Crippen LogP contribution in [0.15, 0.2) is 24.3 Å². The minimum Gasteiger partial charge on any atom is -0.492 e. The maximum Gasteiger partial charge on any atom is 0.119 e. The zero-order valence-electron chi connectivity index (χ0n) is 16.6. The molecule has 0 radical (unpaired) electrons. The fraction of sp³-hybridized carbons (Fsp3) is 0.727. The second-order valence-electron chi connectivity index (χ2n) is 9.06. The molecule has 0 N–H and O–H groups in total. The van der Waals surface area contributed by atoms with Crippen molar-refractivity contribution in [1.82, 2.24) is 4.90 Å². The van der Waals surface area contributed by atoms with Crippen molar-refractivity contribution in [2.24, 2.45) is 17.8 Å². The summed E-state index contributed by atoms with van der Waals surface area (Å²) in [4.78, 5) is 2.55. The fourth-order valence-corrected chi connectivity index (χ4v) is 4.41. The third-order valence-electron chi connectivity index (χ3n) is 5.18. The lowest BCUT2D eigenvalue weighted by molar-refractivity contribution is 0.120. The summed E-state index contributed by atoms with van der Waals surface area (Å²) in [6.07, 6.45) is 2.57. The molecular weight excluding hydrogens is 294 g/mol. The van der Waals surface area contributed by atoms with Gasteiger partial charge in [-0.15, -0.1) is 0 Å². The summed E-state index contributed by atoms with van der Waals surface area (Å²) in [6, 6.07) is 8.75. The molecule has 2 unspecified atom stereocenters. The first-order chi connectivity index (χ1) is 11.3. The van der Waals surface area contributed by atoms with E-state index in [-0.39, 0.29) is 5.41 Å². The van der Waals surface area contributed by atoms with Crippen LogP contribution in [0.25, 0.3) is 0 Å². The molecule has 1 fully saturated rings. The smallest absolute Gasteiger partial charge is 0.119 e. The summed E-state index contributed by atoms with van der Waals surface area (Å²) in [5, 5.41) is 0. The highest BCUT2D eigenvalue weighted by Crippen LogP contribution is 2.31. The van der Waals surface area contributed by atoms with Gasteiger partial charge in [-0.05, 0) is 53.7 Å². The third-order valence-corrected chi connectivity index (χ3v) is 5.18. The zero-order chi connectivity index (χ0) is 17.7. The number of benzene rings is 1. The van der Waals surface area contributed by atoms with Crippen molar-refractivity contribution in [2.75, 3.05) is 26.2 Å². The predicted octanol–water partition coefficient (Wildman–Crippen LogP) is 5.37. The van der Waals surface area contributed by atoms with Crippen molar-refractivity contribution in [2.45, 2.75) is 59.8 Å². The molecule has 1 saturated heterocycles. The Morgan fingerprint density at radius 2 is 1.67 bits per heavy atom. The van der Waals surface area contributed by atoms with Gasteiger partial charge < -0.3 is 4.74 Å². The monoisotopic (exact) mass is 331 g/mol. The summed E-state index contributed by atoms with van der Waals surface area (Å²) in [5.41, 5.74) is 1.63. The van der Waals surface area contributed by atoms with E-state index in [2.05, 4.69) is 70.7 Å². The largest absolute Gasteiger partial charge is 0.492 e. The first-order valence-corrected chi connectivity index (χ1v) is 9.72. The molecule has 2 atom stereocenters. The maximum atomic E-state index is 5.99. The van der Waals surface area contributed by atoms with E-state index in [1.54, 1.807) is 0 Å². The van der Waals surface area contributed by atoms with E-state index in [1.807, 2.05) is 0 Å². The number of likely N-dealkylation sites (tertiary alicyclic amines) is 1. The van der Waals surface area contributed by atoms with Crippen LogP contribution in [0.2, 0.25) is 0 Å². The zero-order valence-corrected chi connectivity index (χ0v) is 16.6. The molecule has 0 aromatic heterocycles. The number of piperidine rings is 1. The molecule has 1 aromatic rings. The van der Waals surface area contributed by atoms with Gasteiger partial charge in [-0.1, -0.05) is 53.7 Å². The quantitative estimate of drug-likeness (QED) is 0.666. The van der Waals surface area contributed by atoms with Crippen molar-refractivity contribution < 1.29 is 4.74 Å². The Balaban J connectivity index is 1.82. The van der Waals surface area contributed by atoms with Gasteiger partial charge in [0.05, 0.1) is 0 Å². The standard InChI is InChI=1S/C22H37NO/c1-17(2)14-22(5,6)20-7-9-21(10-8-20)24-12-11-23-15-18(3)13-19(4)16-23/h7-10,17-19H,11-16H2,1-6H3. The number of hydrogen-bond acceptors (Lipinski definition) is 2. The normalized spacial score (nSPS) is 22.8. The number of ether oxygens (including phenoxy) is 1. The number of rotatable bonds is 7. The second-order valence-corrected chi connectivity index (χ2v) is 9.06. The molecule has 1 aliphatic heterocycles. The van der Waals surface area contributed by atoms with Gasteiger partial charge >= 0.3 is 0 Å².